The topological polar surface area (TPSA) is 43.1 Å². The van der Waals surface area contributed by atoms with Crippen LogP contribution in [-0.4, -0.2) is 5.24 Å². The number of amides is 1. The second-order valence-corrected chi connectivity index (χ2v) is 2.49. The maximum Gasteiger partial charge on any atom is 2.00 e. The third-order valence-electron chi connectivity index (χ3n) is 0.707. The Balaban J connectivity index is -0.0000000450. The smallest absolute Gasteiger partial charge is 0.361 e. The first-order valence-electron chi connectivity index (χ1n) is 4.13. The van der Waals surface area contributed by atoms with Crippen LogP contribution in [0.25, 0.3) is 0 Å². The fraction of sp³-hybridized carbons (Fsp3) is 0.667. The van der Waals surface area contributed by atoms with Crippen LogP contribution in [0.1, 0.15) is 39.5 Å². The van der Waals surface area contributed by atoms with Gasteiger partial charge in [-0.25, -0.2) is 0 Å². The van der Waals surface area contributed by atoms with Crippen LogP contribution in [0.3, 0.4) is 0 Å². The number of thiol groups is 1. The first-order valence-corrected chi connectivity index (χ1v) is 4.58. The van der Waals surface area contributed by atoms with Gasteiger partial charge in [-0.15, -0.1) is 0 Å². The molecule has 0 aliphatic carbocycles. The predicted octanol–water partition coefficient (Wildman–Crippen LogP) is 3.23. The third-order valence-corrected chi connectivity index (χ3v) is 0.707. The van der Waals surface area contributed by atoms with Gasteiger partial charge in [0.2, 0.25) is 0 Å². The first-order chi connectivity index (χ1) is 5.56. The Bertz CT molecular complexity index is 70.0. The Hall–Kier alpha value is 0.443. The Morgan fingerprint density at radius 3 is 1.31 bits per heavy atom. The van der Waals surface area contributed by atoms with Crippen LogP contribution >= 0.6 is 12.6 Å². The van der Waals surface area contributed by atoms with Crippen molar-refractivity contribution < 1.29 is 24.3 Å². The summed E-state index contributed by atoms with van der Waals surface area (Å²) in [5.41, 5.74) is 4.34. The van der Waals surface area contributed by atoms with Gasteiger partial charge in [0.1, 0.15) is 0 Å². The minimum Gasteiger partial charge on any atom is -0.361 e. The van der Waals surface area contributed by atoms with E-state index in [0.717, 1.165) is 12.8 Å². The van der Waals surface area contributed by atoms with Crippen LogP contribution < -0.4 is 5.73 Å². The van der Waals surface area contributed by atoms with Crippen LogP contribution in [0.2, 0.25) is 0 Å². The molecule has 0 aromatic carbocycles. The van der Waals surface area contributed by atoms with Crippen molar-refractivity contribution in [2.24, 2.45) is 5.73 Å². The molecule has 4 heteroatoms. The molecule has 0 radical (unpaired) electrons. The van der Waals surface area contributed by atoms with Crippen molar-refractivity contribution in [2.75, 3.05) is 0 Å². The van der Waals surface area contributed by atoms with Gasteiger partial charge in [-0.1, -0.05) is 39.3 Å². The van der Waals surface area contributed by atoms with Crippen molar-refractivity contribution in [1.82, 2.24) is 0 Å². The van der Waals surface area contributed by atoms with Crippen LogP contribution in [-0.2, 0) is 19.5 Å². The van der Waals surface area contributed by atoms with Gasteiger partial charge >= 0.3 is 19.5 Å². The quantitative estimate of drug-likeness (QED) is 0.445. The first kappa shape index (κ1) is 23.3. The molecule has 0 aromatic rings. The zero-order valence-corrected chi connectivity index (χ0v) is 12.7. The van der Waals surface area contributed by atoms with E-state index < -0.39 is 5.24 Å². The van der Waals surface area contributed by atoms with Gasteiger partial charge in [0.15, 0.2) is 0 Å². The zero-order chi connectivity index (χ0) is 10.4. The van der Waals surface area contributed by atoms with Crippen molar-refractivity contribution >= 4 is 17.9 Å². The summed E-state index contributed by atoms with van der Waals surface area (Å²) in [6.07, 6.45) is 4.56. The normalized spacial score (nSPS) is 6.54. The predicted molar refractivity (Wildman–Crippen MR) is 59.1 cm³/mol. The minimum atomic E-state index is -0.639. The van der Waals surface area contributed by atoms with E-state index in [2.05, 4.69) is 46.1 Å². The molecule has 76 valence electrons. The van der Waals surface area contributed by atoms with Crippen molar-refractivity contribution in [3.05, 3.63) is 13.8 Å². The van der Waals surface area contributed by atoms with Crippen LogP contribution in [0.5, 0.6) is 0 Å². The van der Waals surface area contributed by atoms with Gasteiger partial charge in [-0.05, 0) is 0 Å². The number of nitrogens with two attached hydrogens (primary N) is 1. The minimum absolute atomic E-state index is 0. The van der Waals surface area contributed by atoms with Crippen LogP contribution in [0.15, 0.2) is 0 Å². The number of rotatable bonds is 2. The summed E-state index contributed by atoms with van der Waals surface area (Å²) < 4.78 is 0. The van der Waals surface area contributed by atoms with E-state index in [1.165, 1.54) is 12.8 Å². The van der Waals surface area contributed by atoms with E-state index in [9.17, 15) is 0 Å². The van der Waals surface area contributed by atoms with E-state index in [4.69, 9.17) is 4.79 Å². The molecule has 0 aliphatic heterocycles. The number of hydrogen-bond donors (Lipinski definition) is 2. The van der Waals surface area contributed by atoms with Crippen molar-refractivity contribution in [2.45, 2.75) is 39.5 Å². The molecule has 0 unspecified atom stereocenters. The summed E-state index contributed by atoms with van der Waals surface area (Å²) in [7, 11) is 0. The maximum absolute atomic E-state index is 9.09. The SMILES string of the molecule is NC(=O)S.[CH2-]CCC.[CH2-]CCC.[Zn+2]. The second kappa shape index (κ2) is 29.4. The second-order valence-electron chi connectivity index (χ2n) is 2.05. The van der Waals surface area contributed by atoms with E-state index in [0.29, 0.717) is 0 Å². The molecular formula is C9H21NOSZn. The number of primary amides is 1. The molecule has 0 saturated heterocycles. The molecule has 0 aliphatic rings. The average molecular weight is 257 g/mol. The Labute approximate surface area is 101 Å². The molecule has 1 amide bonds. The standard InChI is InChI=1S/2C4H9.CH3NOS.Zn/c2*1-3-4-2;2-1(3)4;/h2*1,3-4H2,2H3;(H3,2,3,4);/q2*-1;;+2. The number of carbonyl (C=O) groups excluding carboxylic acids is 1. The number of carbonyl (C=O) groups is 1. The number of unbranched alkanes of at least 4 members (excludes halogenated alkanes) is 2. The van der Waals surface area contributed by atoms with Crippen molar-refractivity contribution in [3.8, 4) is 0 Å². The van der Waals surface area contributed by atoms with E-state index in [1.54, 1.807) is 0 Å². The van der Waals surface area contributed by atoms with Gasteiger partial charge in [-0.2, -0.15) is 12.8 Å². The fourth-order valence-electron chi connectivity index (χ4n) is 0. The Morgan fingerprint density at radius 1 is 1.23 bits per heavy atom. The molecule has 13 heavy (non-hydrogen) atoms. The molecule has 0 atom stereocenters. The summed E-state index contributed by atoms with van der Waals surface area (Å²) >= 11 is 3.10. The molecule has 2 nitrogen and oxygen atoms in total. The molecule has 0 spiro atoms. The van der Waals surface area contributed by atoms with Gasteiger partial charge in [0.05, 0.1) is 0 Å². The summed E-state index contributed by atoms with van der Waals surface area (Å²) in [6, 6.07) is 0. The third kappa shape index (κ3) is 227. The molecule has 0 heterocycles. The molecule has 0 fully saturated rings. The molecule has 0 bridgehead atoms. The largest absolute Gasteiger partial charge is 2.00 e. The molecule has 0 rings (SSSR count). The summed E-state index contributed by atoms with van der Waals surface area (Å²) in [5.74, 6) is 0. The Morgan fingerprint density at radius 2 is 1.31 bits per heavy atom. The molecule has 0 saturated carbocycles. The van der Waals surface area contributed by atoms with Crippen LogP contribution in [0.4, 0.5) is 4.79 Å². The van der Waals surface area contributed by atoms with E-state index in [1.807, 2.05) is 0 Å². The molecule has 2 N–H and O–H groups in total. The Kier molecular flexibility index (Phi) is 52.8. The summed E-state index contributed by atoms with van der Waals surface area (Å²) in [4.78, 5) is 9.09. The fourth-order valence-corrected chi connectivity index (χ4v) is 0. The van der Waals surface area contributed by atoms with Crippen molar-refractivity contribution in [1.29, 1.82) is 0 Å². The molecular weight excluding hydrogens is 236 g/mol. The summed E-state index contributed by atoms with van der Waals surface area (Å²) in [6.45, 7) is 11.4. The zero-order valence-electron chi connectivity index (χ0n) is 8.88. The van der Waals surface area contributed by atoms with E-state index in [-0.39, 0.29) is 19.5 Å². The van der Waals surface area contributed by atoms with Gasteiger partial charge in [0, 0.05) is 0 Å². The average Bonchev–Trinajstić information content (AvgIpc) is 2.03. The van der Waals surface area contributed by atoms with E-state index >= 15 is 0 Å². The van der Waals surface area contributed by atoms with Crippen LogP contribution in [0, 0.1) is 13.8 Å². The van der Waals surface area contributed by atoms with Gasteiger partial charge in [0.25, 0.3) is 5.24 Å². The van der Waals surface area contributed by atoms with Gasteiger partial charge in [-0.3, -0.25) is 4.79 Å². The summed E-state index contributed by atoms with van der Waals surface area (Å²) in [5, 5.41) is -0.639. The monoisotopic (exact) mass is 255 g/mol. The molecule has 0 aromatic heterocycles. The maximum atomic E-state index is 9.09. The van der Waals surface area contributed by atoms with Gasteiger partial charge < -0.3 is 19.6 Å². The number of hydrogen-bond acceptors (Lipinski definition) is 1. The van der Waals surface area contributed by atoms with Crippen molar-refractivity contribution in [3.63, 3.8) is 0 Å².